The fraction of sp³-hybridized carbons (Fsp3) is 0.179. The quantitative estimate of drug-likeness (QED) is 0.340. The van der Waals surface area contributed by atoms with Crippen LogP contribution in [0.4, 0.5) is 5.69 Å². The van der Waals surface area contributed by atoms with Crippen LogP contribution in [0.1, 0.15) is 41.0 Å². The Bertz CT molecular complexity index is 1410. The number of amides is 3. The summed E-state index contributed by atoms with van der Waals surface area (Å²) >= 11 is 1.53. The van der Waals surface area contributed by atoms with E-state index in [9.17, 15) is 14.4 Å². The second-order valence-electron chi connectivity index (χ2n) is 9.02. The number of benzene rings is 2. The van der Waals surface area contributed by atoms with Gasteiger partial charge in [-0.3, -0.25) is 24.3 Å². The van der Waals surface area contributed by atoms with Crippen molar-refractivity contribution in [2.75, 3.05) is 5.32 Å². The van der Waals surface area contributed by atoms with E-state index in [1.807, 2.05) is 49.6 Å². The second kappa shape index (κ2) is 9.83. The highest BCUT2D eigenvalue weighted by Gasteiger charge is 2.42. The molecule has 0 saturated carbocycles. The normalized spacial score (nSPS) is 13.7. The van der Waals surface area contributed by atoms with E-state index in [1.165, 1.54) is 11.3 Å². The van der Waals surface area contributed by atoms with Crippen molar-refractivity contribution in [1.82, 2.24) is 14.9 Å². The van der Waals surface area contributed by atoms with Crippen LogP contribution in [0.5, 0.6) is 0 Å². The lowest BCUT2D eigenvalue weighted by atomic mass is 10.0. The van der Waals surface area contributed by atoms with Crippen molar-refractivity contribution < 1.29 is 14.4 Å². The molecule has 3 amide bonds. The number of nitrogens with one attached hydrogen (secondary N) is 1. The lowest BCUT2D eigenvalue weighted by molar-refractivity contribution is -0.120. The largest absolute Gasteiger partial charge is 0.324 e. The molecule has 4 aromatic rings. The summed E-state index contributed by atoms with van der Waals surface area (Å²) in [5.41, 5.74) is 3.87. The van der Waals surface area contributed by atoms with Gasteiger partial charge in [-0.15, -0.1) is 11.3 Å². The molecule has 36 heavy (non-hydrogen) atoms. The van der Waals surface area contributed by atoms with E-state index in [1.54, 1.807) is 42.7 Å². The topological polar surface area (TPSA) is 92.3 Å². The van der Waals surface area contributed by atoms with E-state index in [2.05, 4.69) is 10.3 Å². The maximum Gasteiger partial charge on any atom is 0.262 e. The summed E-state index contributed by atoms with van der Waals surface area (Å²) in [6, 6.07) is 17.0. The third-order valence-corrected chi connectivity index (χ3v) is 6.88. The van der Waals surface area contributed by atoms with E-state index >= 15 is 0 Å². The average molecular weight is 497 g/mol. The van der Waals surface area contributed by atoms with Gasteiger partial charge in [0.2, 0.25) is 5.91 Å². The Morgan fingerprint density at radius 2 is 1.64 bits per heavy atom. The first-order chi connectivity index (χ1) is 17.4. The SMILES string of the molecule is CC(C)CC(C(=O)Nc1cccc(-c2csc(-c3ccncc3)n2)c1)N1C(=O)c2ccccc2C1=O. The molecule has 1 N–H and O–H groups in total. The van der Waals surface area contributed by atoms with Gasteiger partial charge in [-0.2, -0.15) is 0 Å². The second-order valence-corrected chi connectivity index (χ2v) is 9.87. The fourth-order valence-electron chi connectivity index (χ4n) is 4.28. The van der Waals surface area contributed by atoms with Gasteiger partial charge in [-0.05, 0) is 48.7 Å². The van der Waals surface area contributed by atoms with Crippen molar-refractivity contribution in [3.05, 3.63) is 89.6 Å². The summed E-state index contributed by atoms with van der Waals surface area (Å²) in [5, 5.41) is 5.77. The summed E-state index contributed by atoms with van der Waals surface area (Å²) in [5.74, 6) is -1.17. The monoisotopic (exact) mass is 496 g/mol. The number of thiazole rings is 1. The van der Waals surface area contributed by atoms with E-state index in [0.29, 0.717) is 23.2 Å². The number of hydrogen-bond donors (Lipinski definition) is 1. The van der Waals surface area contributed by atoms with Crippen LogP contribution in [-0.2, 0) is 4.79 Å². The smallest absolute Gasteiger partial charge is 0.262 e. The molecule has 2 aromatic carbocycles. The van der Waals surface area contributed by atoms with Crippen molar-refractivity contribution in [1.29, 1.82) is 0 Å². The number of imide groups is 1. The summed E-state index contributed by atoms with van der Waals surface area (Å²) in [7, 11) is 0. The maximum absolute atomic E-state index is 13.4. The van der Waals surface area contributed by atoms with E-state index in [-0.39, 0.29) is 5.92 Å². The molecule has 0 bridgehead atoms. The van der Waals surface area contributed by atoms with Gasteiger partial charge in [0, 0.05) is 34.6 Å². The van der Waals surface area contributed by atoms with Crippen molar-refractivity contribution in [3.8, 4) is 21.8 Å². The number of fused-ring (bicyclic) bond motifs is 1. The van der Waals surface area contributed by atoms with E-state index in [0.717, 1.165) is 26.7 Å². The van der Waals surface area contributed by atoms with Crippen LogP contribution in [0, 0.1) is 5.92 Å². The molecule has 1 aliphatic heterocycles. The number of hydrogen-bond acceptors (Lipinski definition) is 6. The molecule has 0 saturated heterocycles. The standard InChI is InChI=1S/C28H24N4O3S/c1-17(2)14-24(32-27(34)21-8-3-4-9-22(21)28(32)35)25(33)30-20-7-5-6-19(15-20)23-16-36-26(31-23)18-10-12-29-13-11-18/h3-13,15-17,24H,14H2,1-2H3,(H,30,33). The van der Waals surface area contributed by atoms with Crippen molar-refractivity contribution in [2.45, 2.75) is 26.3 Å². The number of carbonyl (C=O) groups excluding carboxylic acids is 3. The molecular formula is C28H24N4O3S. The van der Waals surface area contributed by atoms with Crippen LogP contribution in [0.2, 0.25) is 0 Å². The average Bonchev–Trinajstić information content (AvgIpc) is 3.47. The number of anilines is 1. The summed E-state index contributed by atoms with van der Waals surface area (Å²) < 4.78 is 0. The molecule has 0 aliphatic carbocycles. The van der Waals surface area contributed by atoms with E-state index in [4.69, 9.17) is 4.98 Å². The molecule has 0 radical (unpaired) electrons. The van der Waals surface area contributed by atoms with Crippen LogP contribution in [0.3, 0.4) is 0 Å². The molecule has 180 valence electrons. The van der Waals surface area contributed by atoms with Crippen molar-refractivity contribution >= 4 is 34.7 Å². The Balaban J connectivity index is 1.38. The van der Waals surface area contributed by atoms with Gasteiger partial charge in [0.1, 0.15) is 11.0 Å². The Kier molecular flexibility index (Phi) is 6.43. The maximum atomic E-state index is 13.4. The van der Waals surface area contributed by atoms with Crippen LogP contribution < -0.4 is 5.32 Å². The van der Waals surface area contributed by atoms with Crippen LogP contribution in [0.15, 0.2) is 78.4 Å². The van der Waals surface area contributed by atoms with Crippen LogP contribution in [0.25, 0.3) is 21.8 Å². The Labute approximate surface area is 212 Å². The minimum Gasteiger partial charge on any atom is -0.324 e. The highest BCUT2D eigenvalue weighted by molar-refractivity contribution is 7.13. The number of nitrogens with zero attached hydrogens (tertiary/aromatic N) is 3. The molecule has 3 heterocycles. The molecule has 7 nitrogen and oxygen atoms in total. The minimum atomic E-state index is -0.918. The van der Waals surface area contributed by atoms with E-state index < -0.39 is 23.8 Å². The first kappa shape index (κ1) is 23.6. The van der Waals surface area contributed by atoms with Crippen LogP contribution in [-0.4, -0.2) is 38.6 Å². The first-order valence-electron chi connectivity index (χ1n) is 11.7. The molecule has 8 heteroatoms. The molecule has 1 aliphatic rings. The zero-order valence-corrected chi connectivity index (χ0v) is 20.7. The molecule has 1 atom stereocenters. The van der Waals surface area contributed by atoms with Crippen LogP contribution >= 0.6 is 11.3 Å². The first-order valence-corrected chi connectivity index (χ1v) is 12.5. The fourth-order valence-corrected chi connectivity index (χ4v) is 5.12. The Morgan fingerprint density at radius 1 is 0.944 bits per heavy atom. The van der Waals surface area contributed by atoms with Gasteiger partial charge in [0.15, 0.2) is 0 Å². The molecular weight excluding hydrogens is 472 g/mol. The third kappa shape index (κ3) is 4.55. The minimum absolute atomic E-state index is 0.0954. The summed E-state index contributed by atoms with van der Waals surface area (Å²) in [4.78, 5) is 49.4. The molecule has 5 rings (SSSR count). The molecule has 0 fully saturated rings. The zero-order chi connectivity index (χ0) is 25.2. The molecule has 2 aromatic heterocycles. The number of aromatic nitrogens is 2. The van der Waals surface area contributed by atoms with Crippen molar-refractivity contribution in [2.24, 2.45) is 5.92 Å². The van der Waals surface area contributed by atoms with Gasteiger partial charge >= 0.3 is 0 Å². The van der Waals surface area contributed by atoms with Gasteiger partial charge in [-0.25, -0.2) is 4.98 Å². The Hall–Kier alpha value is -4.17. The number of pyridine rings is 1. The highest BCUT2D eigenvalue weighted by atomic mass is 32.1. The zero-order valence-electron chi connectivity index (χ0n) is 19.8. The number of rotatable bonds is 7. The van der Waals surface area contributed by atoms with Gasteiger partial charge in [0.05, 0.1) is 16.8 Å². The molecule has 0 spiro atoms. The van der Waals surface area contributed by atoms with Gasteiger partial charge in [0.25, 0.3) is 11.8 Å². The molecule has 1 unspecified atom stereocenters. The summed E-state index contributed by atoms with van der Waals surface area (Å²) in [6.45, 7) is 3.92. The van der Waals surface area contributed by atoms with Gasteiger partial charge < -0.3 is 5.32 Å². The lowest BCUT2D eigenvalue weighted by Gasteiger charge is -2.26. The Morgan fingerprint density at radius 3 is 2.31 bits per heavy atom. The predicted octanol–water partition coefficient (Wildman–Crippen LogP) is 5.52. The van der Waals surface area contributed by atoms with Crippen molar-refractivity contribution in [3.63, 3.8) is 0 Å². The lowest BCUT2D eigenvalue weighted by Crippen LogP contribution is -2.47. The summed E-state index contributed by atoms with van der Waals surface area (Å²) in [6.07, 6.45) is 3.82. The number of carbonyl (C=O) groups is 3. The van der Waals surface area contributed by atoms with Gasteiger partial charge in [-0.1, -0.05) is 38.1 Å². The highest BCUT2D eigenvalue weighted by Crippen LogP contribution is 2.31. The third-order valence-electron chi connectivity index (χ3n) is 5.99. The predicted molar refractivity (Wildman–Crippen MR) is 140 cm³/mol.